The molecule has 2 amide bonds. The molecular weight excluding hydrogens is 405 g/mol. The van der Waals surface area contributed by atoms with E-state index < -0.39 is 11.7 Å². The van der Waals surface area contributed by atoms with Crippen molar-refractivity contribution in [1.82, 2.24) is 15.5 Å². The Kier molecular flexibility index (Phi) is 6.60. The van der Waals surface area contributed by atoms with E-state index in [0.29, 0.717) is 26.1 Å². The van der Waals surface area contributed by atoms with Gasteiger partial charge in [-0.15, -0.1) is 0 Å². The Hall–Kier alpha value is -2.73. The lowest BCUT2D eigenvalue weighted by atomic mass is 9.91. The van der Waals surface area contributed by atoms with Crippen LogP contribution in [0.1, 0.15) is 51.9 Å². The number of rotatable bonds is 6. The Labute approximate surface area is 189 Å². The van der Waals surface area contributed by atoms with Crippen molar-refractivity contribution in [3.8, 4) is 0 Å². The molecule has 2 unspecified atom stereocenters. The summed E-state index contributed by atoms with van der Waals surface area (Å²) in [6, 6.07) is 10.7. The maximum atomic E-state index is 14.3. The third-order valence-corrected chi connectivity index (χ3v) is 6.81. The zero-order valence-corrected chi connectivity index (χ0v) is 19.1. The number of piperidine rings is 1. The van der Waals surface area contributed by atoms with E-state index in [1.165, 1.54) is 23.3 Å². The smallest absolute Gasteiger partial charge is 0.254 e. The van der Waals surface area contributed by atoms with Crippen molar-refractivity contribution < 1.29 is 14.0 Å². The van der Waals surface area contributed by atoms with E-state index in [4.69, 9.17) is 0 Å². The minimum Gasteiger partial charge on any atom is -0.348 e. The van der Waals surface area contributed by atoms with Gasteiger partial charge in [0.15, 0.2) is 0 Å². The first-order valence-corrected chi connectivity index (χ1v) is 11.5. The highest BCUT2D eigenvalue weighted by Crippen LogP contribution is 2.32. The molecule has 4 rings (SSSR count). The van der Waals surface area contributed by atoms with Crippen LogP contribution >= 0.6 is 0 Å². The number of carbonyl (C=O) groups excluding carboxylic acids is 2. The minimum absolute atomic E-state index is 0.0229. The third kappa shape index (κ3) is 4.85. The number of carbonyl (C=O) groups is 2. The molecule has 2 atom stereocenters. The summed E-state index contributed by atoms with van der Waals surface area (Å²) in [7, 11) is 0. The van der Waals surface area contributed by atoms with Crippen LogP contribution < -0.4 is 10.6 Å². The lowest BCUT2D eigenvalue weighted by Crippen LogP contribution is -2.55. The average molecular weight is 438 g/mol. The second kappa shape index (κ2) is 9.41. The van der Waals surface area contributed by atoms with Crippen LogP contribution in [0.3, 0.4) is 0 Å². The van der Waals surface area contributed by atoms with Gasteiger partial charge in [-0.05, 0) is 81.0 Å². The Balaban J connectivity index is 1.52. The number of nitrogens with zero attached hydrogens (tertiary/aromatic N) is 1. The van der Waals surface area contributed by atoms with Crippen LogP contribution in [-0.4, -0.2) is 41.9 Å². The summed E-state index contributed by atoms with van der Waals surface area (Å²) in [6.45, 7) is 7.78. The number of hydrogen-bond donors (Lipinski definition) is 2. The molecular formula is C26H32FN3O2. The molecule has 0 radical (unpaired) electrons. The second-order valence-corrected chi connectivity index (χ2v) is 9.22. The van der Waals surface area contributed by atoms with Gasteiger partial charge < -0.3 is 15.5 Å². The van der Waals surface area contributed by atoms with Crippen LogP contribution in [0.5, 0.6) is 0 Å². The molecule has 170 valence electrons. The van der Waals surface area contributed by atoms with Gasteiger partial charge in [0, 0.05) is 25.2 Å². The van der Waals surface area contributed by atoms with Crippen LogP contribution in [0.25, 0.3) is 0 Å². The molecule has 1 heterocycles. The molecule has 2 N–H and O–H groups in total. The quantitative estimate of drug-likeness (QED) is 0.725. The zero-order valence-electron chi connectivity index (χ0n) is 19.1. The number of benzene rings is 2. The van der Waals surface area contributed by atoms with Gasteiger partial charge in [-0.25, -0.2) is 4.39 Å². The molecule has 1 aliphatic heterocycles. The number of halogens is 1. The average Bonchev–Trinajstić information content (AvgIpc) is 3.60. The molecule has 6 heteroatoms. The van der Waals surface area contributed by atoms with E-state index in [-0.39, 0.29) is 29.5 Å². The minimum atomic E-state index is -0.533. The molecule has 1 aliphatic carbocycles. The summed E-state index contributed by atoms with van der Waals surface area (Å²) in [5.74, 6) is -1.30. The zero-order chi connectivity index (χ0) is 22.8. The molecule has 0 aromatic heterocycles. The van der Waals surface area contributed by atoms with E-state index >= 15 is 0 Å². The first-order chi connectivity index (χ1) is 15.3. The molecule has 32 heavy (non-hydrogen) atoms. The largest absolute Gasteiger partial charge is 0.348 e. The number of nitrogens with one attached hydrogen (secondary N) is 2. The molecule has 2 aromatic carbocycles. The van der Waals surface area contributed by atoms with Gasteiger partial charge in [-0.3, -0.25) is 9.59 Å². The maximum Gasteiger partial charge on any atom is 0.254 e. The lowest BCUT2D eigenvalue weighted by molar-refractivity contribution is -0.138. The number of amides is 2. The van der Waals surface area contributed by atoms with E-state index in [9.17, 15) is 14.0 Å². The molecule has 2 aromatic rings. The summed E-state index contributed by atoms with van der Waals surface area (Å²) >= 11 is 0. The maximum absolute atomic E-state index is 14.3. The molecule has 0 bridgehead atoms. The van der Waals surface area contributed by atoms with Gasteiger partial charge in [0.1, 0.15) is 5.82 Å². The van der Waals surface area contributed by atoms with E-state index in [0.717, 1.165) is 24.0 Å². The highest BCUT2D eigenvalue weighted by Gasteiger charge is 2.40. The monoisotopic (exact) mass is 437 g/mol. The standard InChI is InChI=1S/C26H32FN3O2/c1-16-7-10-21(23(27)13-16)25(31)29-24-11-12-28-14-22(24)26(32)30(20-8-9-20)15-19-6-4-5-17(2)18(19)3/h4-7,10,13,20,22,24,28H,8-9,11-12,14-15H2,1-3H3,(H,29,31). The van der Waals surface area contributed by atoms with Gasteiger partial charge in [-0.2, -0.15) is 0 Å². The van der Waals surface area contributed by atoms with Gasteiger partial charge in [0.25, 0.3) is 5.91 Å². The predicted molar refractivity (Wildman–Crippen MR) is 123 cm³/mol. The SMILES string of the molecule is Cc1ccc(C(=O)NC2CCNCC2C(=O)N(Cc2cccc(C)c2C)C2CC2)c(F)c1. The molecule has 2 fully saturated rings. The van der Waals surface area contributed by atoms with Crippen molar-refractivity contribution in [3.05, 3.63) is 70.0 Å². The van der Waals surface area contributed by atoms with Gasteiger partial charge >= 0.3 is 0 Å². The second-order valence-electron chi connectivity index (χ2n) is 9.22. The van der Waals surface area contributed by atoms with E-state index in [2.05, 4.69) is 36.6 Å². The molecule has 5 nitrogen and oxygen atoms in total. The molecule has 1 saturated heterocycles. The topological polar surface area (TPSA) is 61.4 Å². The molecule has 0 spiro atoms. The van der Waals surface area contributed by atoms with E-state index in [1.54, 1.807) is 13.0 Å². The molecule has 1 saturated carbocycles. The van der Waals surface area contributed by atoms with Gasteiger partial charge in [0.2, 0.25) is 5.91 Å². The summed E-state index contributed by atoms with van der Waals surface area (Å²) < 4.78 is 14.3. The fourth-order valence-electron chi connectivity index (χ4n) is 4.49. The summed E-state index contributed by atoms with van der Waals surface area (Å²) in [4.78, 5) is 28.5. The van der Waals surface area contributed by atoms with Crippen LogP contribution in [0.2, 0.25) is 0 Å². The number of hydrogen-bond acceptors (Lipinski definition) is 3. The van der Waals surface area contributed by atoms with Crippen LogP contribution in [0.4, 0.5) is 4.39 Å². The fraction of sp³-hybridized carbons (Fsp3) is 0.462. The predicted octanol–water partition coefficient (Wildman–Crippen LogP) is 3.65. The Morgan fingerprint density at radius 1 is 1.12 bits per heavy atom. The van der Waals surface area contributed by atoms with Crippen molar-refractivity contribution in [2.24, 2.45) is 5.92 Å². The van der Waals surface area contributed by atoms with E-state index in [1.807, 2.05) is 11.0 Å². The highest BCUT2D eigenvalue weighted by molar-refractivity contribution is 5.95. The summed E-state index contributed by atoms with van der Waals surface area (Å²) in [6.07, 6.45) is 2.67. The molecule has 2 aliphatic rings. The normalized spacial score (nSPS) is 20.6. The Bertz CT molecular complexity index is 1020. The van der Waals surface area contributed by atoms with Crippen molar-refractivity contribution in [1.29, 1.82) is 0 Å². The van der Waals surface area contributed by atoms with Crippen molar-refractivity contribution in [2.45, 2.75) is 58.7 Å². The first kappa shape index (κ1) is 22.5. The van der Waals surface area contributed by atoms with Crippen LogP contribution in [0.15, 0.2) is 36.4 Å². The Morgan fingerprint density at radius 3 is 2.62 bits per heavy atom. The van der Waals surface area contributed by atoms with Crippen molar-refractivity contribution in [3.63, 3.8) is 0 Å². The van der Waals surface area contributed by atoms with Crippen molar-refractivity contribution in [2.75, 3.05) is 13.1 Å². The van der Waals surface area contributed by atoms with Gasteiger partial charge in [0.05, 0.1) is 11.5 Å². The van der Waals surface area contributed by atoms with Crippen LogP contribution in [-0.2, 0) is 11.3 Å². The number of aryl methyl sites for hydroxylation is 2. The fourth-order valence-corrected chi connectivity index (χ4v) is 4.49. The summed E-state index contributed by atoms with van der Waals surface area (Å²) in [5, 5.41) is 6.26. The lowest BCUT2D eigenvalue weighted by Gasteiger charge is -2.36. The highest BCUT2D eigenvalue weighted by atomic mass is 19.1. The summed E-state index contributed by atoms with van der Waals surface area (Å²) in [5.41, 5.74) is 4.38. The van der Waals surface area contributed by atoms with Crippen molar-refractivity contribution >= 4 is 11.8 Å². The first-order valence-electron chi connectivity index (χ1n) is 11.5. The van der Waals surface area contributed by atoms with Gasteiger partial charge in [-0.1, -0.05) is 24.3 Å². The Morgan fingerprint density at radius 2 is 1.91 bits per heavy atom. The van der Waals surface area contributed by atoms with Crippen LogP contribution in [0, 0.1) is 32.5 Å². The third-order valence-electron chi connectivity index (χ3n) is 6.81.